The van der Waals surface area contributed by atoms with Gasteiger partial charge in [-0.3, -0.25) is 13.6 Å². The van der Waals surface area contributed by atoms with Crippen molar-refractivity contribution in [1.29, 1.82) is 0 Å². The molecule has 192 valence electrons. The Morgan fingerprint density at radius 1 is 0.459 bits per heavy atom. The average Bonchev–Trinajstić information content (AvgIpc) is 2.45. The standard InChI is InChI=1S/C6H17O21P5.5Na/c7-1-2(23-28(8,9)10)4(25-30(14,15)16)6(27-32(20,21)22)5(26-31(17,18)19)3(1)24-29(11,12)13;;;;;/h1-7H,(H2,8,9,10)(H2,11,12,13)(H2,14,15,16)(H2,17,18,19)(H2,20,21,22);;;;;/q;5*+1/p-5/t1-,2?,3?,4?,5?,6?;;;;;. The second-order valence-electron chi connectivity index (χ2n) is 5.68. The summed E-state index contributed by atoms with van der Waals surface area (Å²) < 4.78 is 74.8. The molecule has 31 heteroatoms. The molecule has 6 unspecified atom stereocenters. The second kappa shape index (κ2) is 19.9. The Balaban J connectivity index is -0.000000683. The summed E-state index contributed by atoms with van der Waals surface area (Å²) in [5.74, 6) is 0. The molecule has 0 saturated heterocycles. The number of hydrogen-bond donors (Lipinski definition) is 6. The van der Waals surface area contributed by atoms with E-state index in [1.54, 1.807) is 0 Å². The van der Waals surface area contributed by atoms with Crippen molar-refractivity contribution >= 4 is 39.1 Å². The summed E-state index contributed by atoms with van der Waals surface area (Å²) in [5.41, 5.74) is 0. The zero-order valence-electron chi connectivity index (χ0n) is 19.5. The van der Waals surface area contributed by atoms with Crippen molar-refractivity contribution in [3.8, 4) is 0 Å². The van der Waals surface area contributed by atoms with Crippen LogP contribution in [0.3, 0.4) is 0 Å². The summed E-state index contributed by atoms with van der Waals surface area (Å²) in [6.07, 6.45) is -18.4. The zero-order valence-corrected chi connectivity index (χ0v) is 34.0. The number of hydrogen-bond acceptors (Lipinski definition) is 16. The van der Waals surface area contributed by atoms with Gasteiger partial charge in [0.1, 0.15) is 36.6 Å². The predicted molar refractivity (Wildman–Crippen MR) is 79.5 cm³/mol. The molecule has 0 radical (unpaired) electrons. The molecule has 37 heavy (non-hydrogen) atoms. The monoisotopic (exact) mass is 690 g/mol. The molecule has 0 amide bonds. The maximum absolute atomic E-state index is 11.2. The van der Waals surface area contributed by atoms with Gasteiger partial charge in [0.25, 0.3) is 7.82 Å². The first-order valence-corrected chi connectivity index (χ1v) is 14.7. The van der Waals surface area contributed by atoms with Gasteiger partial charge in [0.2, 0.25) is 0 Å². The Bertz CT molecular complexity index is 845. The van der Waals surface area contributed by atoms with E-state index in [0.29, 0.717) is 0 Å². The van der Waals surface area contributed by atoms with Crippen molar-refractivity contribution in [2.24, 2.45) is 0 Å². The van der Waals surface area contributed by atoms with E-state index in [0.717, 1.165) is 0 Å². The molecule has 1 rings (SSSR count). The van der Waals surface area contributed by atoms with Gasteiger partial charge in [0.15, 0.2) is 0 Å². The number of aliphatic hydroxyl groups excluding tert-OH is 1. The van der Waals surface area contributed by atoms with E-state index in [9.17, 15) is 52.4 Å². The summed E-state index contributed by atoms with van der Waals surface area (Å²) in [6.45, 7) is 0. The van der Waals surface area contributed by atoms with E-state index in [-0.39, 0.29) is 148 Å². The molecule has 0 heterocycles. The molecular formula is C6H12Na5O21P5. The van der Waals surface area contributed by atoms with Crippen LogP contribution >= 0.6 is 39.1 Å². The molecule has 1 aliphatic carbocycles. The summed E-state index contributed by atoms with van der Waals surface area (Å²) in [6, 6.07) is 0. The maximum atomic E-state index is 11.2. The smallest absolute Gasteiger partial charge is 0.790 e. The van der Waals surface area contributed by atoms with Gasteiger partial charge in [-0.05, 0) is 0 Å². The second-order valence-corrected chi connectivity index (χ2v) is 11.4. The molecule has 1 fully saturated rings. The predicted octanol–water partition coefficient (Wildman–Crippen LogP) is -21.4. The van der Waals surface area contributed by atoms with Gasteiger partial charge >= 0.3 is 163 Å². The van der Waals surface area contributed by atoms with E-state index >= 15 is 0 Å². The summed E-state index contributed by atoms with van der Waals surface area (Å²) in [7, 11) is -30.6. The number of phosphoric ester groups is 5. The molecule has 0 spiro atoms. The summed E-state index contributed by atoms with van der Waals surface area (Å²) in [4.78, 5) is 99.7. The van der Waals surface area contributed by atoms with E-state index in [1.165, 1.54) is 0 Å². The summed E-state index contributed by atoms with van der Waals surface area (Å²) >= 11 is 0. The van der Waals surface area contributed by atoms with E-state index in [2.05, 4.69) is 22.6 Å². The zero-order chi connectivity index (χ0) is 25.5. The van der Waals surface area contributed by atoms with Gasteiger partial charge < -0.3 is 76.7 Å². The topological polar surface area (TPSA) is 368 Å². The third kappa shape index (κ3) is 21.8. The minimum atomic E-state index is -6.33. The molecule has 1 saturated carbocycles. The minimum Gasteiger partial charge on any atom is -0.790 e. The van der Waals surface area contributed by atoms with Crippen LogP contribution in [0, 0.1) is 0 Å². The quantitative estimate of drug-likeness (QED) is 0.0915. The van der Waals surface area contributed by atoms with Crippen LogP contribution in [0.2, 0.25) is 0 Å². The molecule has 21 nitrogen and oxygen atoms in total. The Hall–Kier alpha value is 5.51. The maximum Gasteiger partial charge on any atom is 1.00 e. The van der Waals surface area contributed by atoms with E-state index < -0.39 is 75.7 Å². The van der Waals surface area contributed by atoms with Gasteiger partial charge in [-0.15, -0.1) is 0 Å². The molecule has 6 N–H and O–H groups in total. The fourth-order valence-electron chi connectivity index (χ4n) is 2.51. The largest absolute Gasteiger partial charge is 1.00 e. The first kappa shape index (κ1) is 52.1. The van der Waals surface area contributed by atoms with Crippen LogP contribution < -0.4 is 172 Å². The normalized spacial score (nSPS) is 28.1. The Morgan fingerprint density at radius 2 is 0.703 bits per heavy atom. The van der Waals surface area contributed by atoms with Crippen LogP contribution in [0.15, 0.2) is 0 Å². The van der Waals surface area contributed by atoms with Crippen LogP contribution in [0.1, 0.15) is 0 Å². The van der Waals surface area contributed by atoms with Gasteiger partial charge in [0.05, 0.1) is 15.6 Å². The average molecular weight is 690 g/mol. The van der Waals surface area contributed by atoms with Crippen molar-refractivity contribution in [3.05, 3.63) is 0 Å². The van der Waals surface area contributed by atoms with E-state index in [1.807, 2.05) is 0 Å². The molecule has 1 aliphatic rings. The molecule has 0 aromatic heterocycles. The Morgan fingerprint density at radius 3 is 0.919 bits per heavy atom. The molecule has 0 aromatic carbocycles. The van der Waals surface area contributed by atoms with Crippen molar-refractivity contribution in [1.82, 2.24) is 0 Å². The number of phosphoric acid groups is 5. The minimum absolute atomic E-state index is 0. The van der Waals surface area contributed by atoms with Crippen LogP contribution in [-0.2, 0) is 45.4 Å². The fraction of sp³-hybridized carbons (Fsp3) is 1.00. The van der Waals surface area contributed by atoms with Crippen molar-refractivity contribution in [2.45, 2.75) is 36.6 Å². The van der Waals surface area contributed by atoms with Gasteiger partial charge in [-0.2, -0.15) is 0 Å². The van der Waals surface area contributed by atoms with Gasteiger partial charge in [0, 0.05) is 0 Å². The third-order valence-electron chi connectivity index (χ3n) is 3.24. The molecule has 0 aromatic rings. The molecule has 7 atom stereocenters. The van der Waals surface area contributed by atoms with Gasteiger partial charge in [-0.1, -0.05) is 0 Å². The first-order valence-electron chi connectivity index (χ1n) is 7.18. The van der Waals surface area contributed by atoms with Crippen molar-refractivity contribution in [2.75, 3.05) is 0 Å². The number of aliphatic hydroxyl groups is 1. The number of rotatable bonds is 10. The van der Waals surface area contributed by atoms with Gasteiger partial charge in [-0.25, -0.2) is 9.13 Å². The third-order valence-corrected chi connectivity index (χ3v) is 5.79. The Labute approximate surface area is 318 Å². The van der Waals surface area contributed by atoms with Crippen molar-refractivity contribution in [3.63, 3.8) is 0 Å². The SMILES string of the molecule is O=P([O-])([O-])OC1C(OP(=O)([O-])O)C(OP(=O)(O)O)C(OP(=O)(O)O)C(OP(=O)([O-])[O-])[C@H]1O.[Na+].[Na+].[Na+].[Na+].[Na+]. The van der Waals surface area contributed by atoms with E-state index in [4.69, 9.17) is 24.5 Å². The fourth-order valence-corrected chi connectivity index (χ4v) is 5.26. The van der Waals surface area contributed by atoms with Crippen LogP contribution in [0.25, 0.3) is 0 Å². The van der Waals surface area contributed by atoms with Crippen LogP contribution in [-0.4, -0.2) is 66.2 Å². The van der Waals surface area contributed by atoms with Crippen LogP contribution in [0.5, 0.6) is 0 Å². The van der Waals surface area contributed by atoms with Crippen molar-refractivity contribution < 1.29 is 247 Å². The Kier molecular flexibility index (Phi) is 28.0. The first-order chi connectivity index (χ1) is 13.9. The molecule has 0 bridgehead atoms. The van der Waals surface area contributed by atoms with Crippen LogP contribution in [0.4, 0.5) is 0 Å². The molecular weight excluding hydrogens is 678 g/mol. The summed E-state index contributed by atoms with van der Waals surface area (Å²) in [5, 5.41) is 10.1. The molecule has 0 aliphatic heterocycles.